The van der Waals surface area contributed by atoms with Crippen LogP contribution in [0, 0.1) is 13.8 Å². The molecule has 0 atom stereocenters. The zero-order valence-corrected chi connectivity index (χ0v) is 12.1. The molecule has 2 heterocycles. The zero-order chi connectivity index (χ0) is 15.0. The number of carbonyl (C=O) groups excluding carboxylic acids is 1. The predicted molar refractivity (Wildman–Crippen MR) is 80.6 cm³/mol. The minimum absolute atomic E-state index is 0.0268. The summed E-state index contributed by atoms with van der Waals surface area (Å²) in [6, 6.07) is 7.54. The third-order valence-electron chi connectivity index (χ3n) is 3.90. The maximum atomic E-state index is 12.3. The summed E-state index contributed by atoms with van der Waals surface area (Å²) in [5.74, 6) is 0.0268. The molecule has 4 nitrogen and oxygen atoms in total. The molecular formula is C16H16BNO3. The number of rotatable bonds is 3. The summed E-state index contributed by atoms with van der Waals surface area (Å²) in [5.41, 5.74) is 5.19. The first-order chi connectivity index (χ1) is 10.0. The Hall–Kier alpha value is -1.98. The van der Waals surface area contributed by atoms with Gasteiger partial charge in [-0.3, -0.25) is 9.78 Å². The smallest absolute Gasteiger partial charge is 0.423 e. The monoisotopic (exact) mass is 281 g/mol. The molecular weight excluding hydrogens is 265 g/mol. The number of carbonyl (C=O) groups is 1. The fourth-order valence-corrected chi connectivity index (χ4v) is 2.46. The molecule has 3 rings (SSSR count). The van der Waals surface area contributed by atoms with Crippen LogP contribution in [0.5, 0.6) is 0 Å². The van der Waals surface area contributed by atoms with Crippen molar-refractivity contribution in [2.75, 3.05) is 0 Å². The average molecular weight is 281 g/mol. The summed E-state index contributed by atoms with van der Waals surface area (Å²) in [4.78, 5) is 16.6. The molecule has 0 fully saturated rings. The van der Waals surface area contributed by atoms with E-state index in [1.165, 1.54) is 0 Å². The molecule has 0 saturated carbocycles. The highest BCUT2D eigenvalue weighted by Gasteiger charge is 2.27. The van der Waals surface area contributed by atoms with Gasteiger partial charge in [-0.2, -0.15) is 0 Å². The zero-order valence-electron chi connectivity index (χ0n) is 12.1. The van der Waals surface area contributed by atoms with E-state index in [4.69, 9.17) is 4.65 Å². The van der Waals surface area contributed by atoms with E-state index >= 15 is 0 Å². The summed E-state index contributed by atoms with van der Waals surface area (Å²) >= 11 is 0. The summed E-state index contributed by atoms with van der Waals surface area (Å²) < 4.78 is 5.16. The Morgan fingerprint density at radius 2 is 2.19 bits per heavy atom. The van der Waals surface area contributed by atoms with Gasteiger partial charge in [0.2, 0.25) is 0 Å². The van der Waals surface area contributed by atoms with Crippen molar-refractivity contribution in [1.82, 2.24) is 4.98 Å². The highest BCUT2D eigenvalue weighted by atomic mass is 16.5. The number of nitrogens with zero attached hydrogens (tertiary/aromatic N) is 1. The van der Waals surface area contributed by atoms with Crippen LogP contribution in [0.4, 0.5) is 0 Å². The standard InChI is InChI=1S/C16H16BNO3/c1-10-5-14(8-18-11(10)2)16(19)7-12-3-4-13-9-21-17(20)15(13)6-12/h3-6,8,20H,7,9H2,1-2H3. The number of Topliss-reactive ketones (excluding diaryl/α,β-unsaturated/α-hetero) is 1. The molecule has 0 amide bonds. The van der Waals surface area contributed by atoms with Crippen LogP contribution in [0.2, 0.25) is 0 Å². The van der Waals surface area contributed by atoms with Crippen LogP contribution in [-0.4, -0.2) is 22.9 Å². The van der Waals surface area contributed by atoms with Crippen LogP contribution >= 0.6 is 0 Å². The first kappa shape index (κ1) is 14.0. The third kappa shape index (κ3) is 2.75. The number of fused-ring (bicyclic) bond motifs is 1. The van der Waals surface area contributed by atoms with Gasteiger partial charge in [-0.25, -0.2) is 0 Å². The van der Waals surface area contributed by atoms with Crippen LogP contribution in [0.25, 0.3) is 0 Å². The van der Waals surface area contributed by atoms with Crippen molar-refractivity contribution in [3.63, 3.8) is 0 Å². The molecule has 1 aliphatic heterocycles. The Morgan fingerprint density at radius 1 is 1.38 bits per heavy atom. The lowest BCUT2D eigenvalue weighted by Gasteiger charge is -2.06. The number of aromatic nitrogens is 1. The van der Waals surface area contributed by atoms with E-state index in [0.717, 1.165) is 27.8 Å². The largest absolute Gasteiger partial charge is 0.491 e. The molecule has 0 saturated heterocycles. The van der Waals surface area contributed by atoms with Gasteiger partial charge >= 0.3 is 7.12 Å². The van der Waals surface area contributed by atoms with Crippen molar-refractivity contribution in [2.45, 2.75) is 26.9 Å². The fourth-order valence-electron chi connectivity index (χ4n) is 2.46. The van der Waals surface area contributed by atoms with Crippen LogP contribution in [0.15, 0.2) is 30.5 Å². The molecule has 0 unspecified atom stereocenters. The molecule has 5 heteroatoms. The molecule has 0 spiro atoms. The van der Waals surface area contributed by atoms with E-state index in [0.29, 0.717) is 18.6 Å². The van der Waals surface area contributed by atoms with Crippen molar-refractivity contribution < 1.29 is 14.5 Å². The lowest BCUT2D eigenvalue weighted by atomic mass is 9.78. The Morgan fingerprint density at radius 3 is 2.95 bits per heavy atom. The quantitative estimate of drug-likeness (QED) is 0.681. The molecule has 1 aromatic heterocycles. The maximum Gasteiger partial charge on any atom is 0.491 e. The van der Waals surface area contributed by atoms with Gasteiger partial charge < -0.3 is 9.68 Å². The fraction of sp³-hybridized carbons (Fsp3) is 0.250. The van der Waals surface area contributed by atoms with Crippen molar-refractivity contribution in [1.29, 1.82) is 0 Å². The van der Waals surface area contributed by atoms with Gasteiger partial charge in [-0.1, -0.05) is 18.2 Å². The second-order valence-corrected chi connectivity index (χ2v) is 5.42. The molecule has 1 N–H and O–H groups in total. The lowest BCUT2D eigenvalue weighted by molar-refractivity contribution is 0.0992. The number of aryl methyl sites for hydroxylation is 2. The van der Waals surface area contributed by atoms with E-state index in [1.807, 2.05) is 38.1 Å². The lowest BCUT2D eigenvalue weighted by Crippen LogP contribution is -2.28. The number of pyridine rings is 1. The highest BCUT2D eigenvalue weighted by molar-refractivity contribution is 6.61. The number of hydrogen-bond acceptors (Lipinski definition) is 4. The summed E-state index contributed by atoms with van der Waals surface area (Å²) in [6.07, 6.45) is 1.92. The van der Waals surface area contributed by atoms with Gasteiger partial charge in [0.15, 0.2) is 5.78 Å². The maximum absolute atomic E-state index is 12.3. The van der Waals surface area contributed by atoms with Crippen molar-refractivity contribution in [3.05, 3.63) is 58.4 Å². The molecule has 1 aliphatic rings. The molecule has 0 radical (unpaired) electrons. The molecule has 106 valence electrons. The first-order valence-electron chi connectivity index (χ1n) is 6.92. The SMILES string of the molecule is Cc1cc(C(=O)Cc2ccc3c(c2)B(O)OC3)cnc1C. The second-order valence-electron chi connectivity index (χ2n) is 5.42. The number of benzene rings is 1. The minimum Gasteiger partial charge on any atom is -0.423 e. The van der Waals surface area contributed by atoms with E-state index in [1.54, 1.807) is 6.20 Å². The number of ketones is 1. The van der Waals surface area contributed by atoms with E-state index in [2.05, 4.69) is 4.98 Å². The van der Waals surface area contributed by atoms with Gasteiger partial charge in [-0.15, -0.1) is 0 Å². The summed E-state index contributed by atoms with van der Waals surface area (Å²) in [7, 11) is -0.877. The average Bonchev–Trinajstić information content (AvgIpc) is 2.83. The van der Waals surface area contributed by atoms with Gasteiger partial charge in [-0.05, 0) is 42.1 Å². The molecule has 21 heavy (non-hydrogen) atoms. The van der Waals surface area contributed by atoms with Crippen molar-refractivity contribution >= 4 is 18.4 Å². The minimum atomic E-state index is -0.877. The molecule has 0 aliphatic carbocycles. The topological polar surface area (TPSA) is 59.4 Å². The molecule has 0 bridgehead atoms. The van der Waals surface area contributed by atoms with Crippen LogP contribution < -0.4 is 5.46 Å². The predicted octanol–water partition coefficient (Wildman–Crippen LogP) is 1.34. The number of hydrogen-bond donors (Lipinski definition) is 1. The van der Waals surface area contributed by atoms with Crippen LogP contribution in [0.1, 0.15) is 32.7 Å². The molecule has 2 aromatic rings. The Bertz CT molecular complexity index is 715. The van der Waals surface area contributed by atoms with Crippen molar-refractivity contribution in [3.8, 4) is 0 Å². The second kappa shape index (κ2) is 5.43. The van der Waals surface area contributed by atoms with Gasteiger partial charge in [0.25, 0.3) is 0 Å². The normalized spacial score (nSPS) is 13.4. The van der Waals surface area contributed by atoms with E-state index in [9.17, 15) is 9.82 Å². The van der Waals surface area contributed by atoms with Gasteiger partial charge in [0, 0.05) is 23.9 Å². The van der Waals surface area contributed by atoms with Gasteiger partial charge in [0.1, 0.15) is 0 Å². The summed E-state index contributed by atoms with van der Waals surface area (Å²) in [5, 5.41) is 9.71. The first-order valence-corrected chi connectivity index (χ1v) is 6.92. The highest BCUT2D eigenvalue weighted by Crippen LogP contribution is 2.14. The van der Waals surface area contributed by atoms with Crippen molar-refractivity contribution in [2.24, 2.45) is 0 Å². The van der Waals surface area contributed by atoms with E-state index < -0.39 is 7.12 Å². The van der Waals surface area contributed by atoms with Gasteiger partial charge in [0.05, 0.1) is 6.61 Å². The Balaban J connectivity index is 1.82. The third-order valence-corrected chi connectivity index (χ3v) is 3.90. The van der Waals surface area contributed by atoms with Crippen LogP contribution in [0.3, 0.4) is 0 Å². The Kier molecular flexibility index (Phi) is 3.61. The van der Waals surface area contributed by atoms with E-state index in [-0.39, 0.29) is 5.78 Å². The summed E-state index contributed by atoms with van der Waals surface area (Å²) in [6.45, 7) is 4.29. The Labute approximate surface area is 123 Å². The van der Waals surface area contributed by atoms with Crippen LogP contribution in [-0.2, 0) is 17.7 Å². The molecule has 1 aromatic carbocycles.